The van der Waals surface area contributed by atoms with Gasteiger partial charge in [0.2, 0.25) is 5.91 Å². The summed E-state index contributed by atoms with van der Waals surface area (Å²) >= 11 is 0. The molecule has 1 fully saturated rings. The molecule has 3 aromatic rings. The molecule has 0 bridgehead atoms. The Labute approximate surface area is 320 Å². The number of nitrogens with one attached hydrogen (secondary N) is 2. The third kappa shape index (κ3) is 13.7. The summed E-state index contributed by atoms with van der Waals surface area (Å²) in [5, 5.41) is 6.38. The van der Waals surface area contributed by atoms with Crippen LogP contribution in [-0.4, -0.2) is 127 Å². The molecule has 1 aliphatic heterocycles. The van der Waals surface area contributed by atoms with Gasteiger partial charge < -0.3 is 43.8 Å². The van der Waals surface area contributed by atoms with E-state index in [0.29, 0.717) is 79.0 Å². The summed E-state index contributed by atoms with van der Waals surface area (Å²) in [6, 6.07) is 11.0. The fraction of sp³-hybridized carbons (Fsp3) is 0.650. The topological polar surface area (TPSA) is 159 Å². The molecule has 14 heteroatoms. The Bertz CT molecular complexity index is 1620. The van der Waals surface area contributed by atoms with Crippen LogP contribution in [0.2, 0.25) is 0 Å². The predicted octanol–water partition coefficient (Wildman–Crippen LogP) is 6.23. The van der Waals surface area contributed by atoms with Crippen molar-refractivity contribution in [3.63, 3.8) is 0 Å². The number of ether oxygens (including phenoxy) is 5. The van der Waals surface area contributed by atoms with Gasteiger partial charge >= 0.3 is 0 Å². The number of hydrogen-bond acceptors (Lipinski definition) is 10. The molecule has 0 atom stereocenters. The molecule has 2 N–H and O–H groups in total. The highest BCUT2D eigenvalue weighted by Crippen LogP contribution is 2.43. The van der Waals surface area contributed by atoms with Gasteiger partial charge in [-0.3, -0.25) is 4.79 Å². The van der Waals surface area contributed by atoms with Gasteiger partial charge in [-0.1, -0.05) is 46.7 Å². The van der Waals surface area contributed by atoms with E-state index in [4.69, 9.17) is 34.2 Å². The maximum atomic E-state index is 12.4. The summed E-state index contributed by atoms with van der Waals surface area (Å²) in [5.74, 6) is 1.71. The molecule has 298 valence electrons. The number of aromatic nitrogens is 2. The zero-order chi connectivity index (χ0) is 39.0. The third-order valence-electron chi connectivity index (χ3n) is 9.19. The first-order chi connectivity index (χ1) is 25.9. The highest BCUT2D eigenvalue weighted by Gasteiger charge is 2.29. The van der Waals surface area contributed by atoms with Gasteiger partial charge in [0.05, 0.1) is 70.5 Å². The summed E-state index contributed by atoms with van der Waals surface area (Å²) < 4.78 is 28.3. The second-order valence-electron chi connectivity index (χ2n) is 15.7. The molecular formula is C40H62N8O6. The molecule has 0 spiro atoms. The first-order valence-electron chi connectivity index (χ1n) is 19.2. The van der Waals surface area contributed by atoms with Crippen LogP contribution in [0.5, 0.6) is 5.75 Å². The number of nitrogens with zero attached hydrogens (tertiary/aromatic N) is 6. The van der Waals surface area contributed by atoms with Crippen molar-refractivity contribution >= 4 is 22.6 Å². The van der Waals surface area contributed by atoms with E-state index in [1.807, 2.05) is 0 Å². The Morgan fingerprint density at radius 3 is 2.04 bits per heavy atom. The standard InChI is InChI=1S/C40H62N8O6/c1-39(2,3)32-27-30(38-44-34-10-9-31(29-35(34)45-38)48-16-14-47(7)15-17-48)28-33(40(4,5)6)37(32)54-18-8-12-42-36(49)11-19-50-21-23-52-25-26-53-24-22-51-20-13-43-46-41/h9-10,27-29H,8,11-26H2,1-7H3,(H,42,49)(H,44,45). The summed E-state index contributed by atoms with van der Waals surface area (Å²) in [6.07, 6.45) is 0.963. The van der Waals surface area contributed by atoms with Crippen LogP contribution in [0.1, 0.15) is 65.5 Å². The van der Waals surface area contributed by atoms with Crippen molar-refractivity contribution < 1.29 is 28.5 Å². The lowest BCUT2D eigenvalue weighted by molar-refractivity contribution is -0.122. The van der Waals surface area contributed by atoms with Crippen molar-refractivity contribution in [2.75, 3.05) is 111 Å². The summed E-state index contributed by atoms with van der Waals surface area (Å²) in [7, 11) is 2.18. The van der Waals surface area contributed by atoms with E-state index in [0.717, 1.165) is 65.5 Å². The number of imidazole rings is 1. The average Bonchev–Trinajstić information content (AvgIpc) is 3.56. The second kappa shape index (κ2) is 21.3. The van der Waals surface area contributed by atoms with Crippen molar-refractivity contribution in [3.8, 4) is 17.1 Å². The number of amides is 1. The van der Waals surface area contributed by atoms with Crippen LogP contribution in [0.3, 0.4) is 0 Å². The molecule has 2 heterocycles. The normalized spacial score (nSPS) is 14.0. The minimum atomic E-state index is -0.176. The van der Waals surface area contributed by atoms with Crippen molar-refractivity contribution in [1.29, 1.82) is 0 Å². The molecule has 1 aromatic heterocycles. The fourth-order valence-corrected chi connectivity index (χ4v) is 6.07. The first kappa shape index (κ1) is 42.8. The van der Waals surface area contributed by atoms with E-state index < -0.39 is 0 Å². The average molecular weight is 751 g/mol. The molecule has 0 aliphatic carbocycles. The molecule has 0 saturated carbocycles. The van der Waals surface area contributed by atoms with Crippen LogP contribution in [0, 0.1) is 0 Å². The van der Waals surface area contributed by atoms with E-state index in [2.05, 4.69) is 109 Å². The molecule has 1 aliphatic rings. The van der Waals surface area contributed by atoms with Gasteiger partial charge in [-0.05, 0) is 60.2 Å². The Balaban J connectivity index is 1.22. The van der Waals surface area contributed by atoms with Gasteiger partial charge in [0.1, 0.15) is 11.6 Å². The summed E-state index contributed by atoms with van der Waals surface area (Å²) in [4.78, 5) is 28.5. The van der Waals surface area contributed by atoms with Crippen molar-refractivity contribution in [2.24, 2.45) is 5.11 Å². The molecule has 14 nitrogen and oxygen atoms in total. The van der Waals surface area contributed by atoms with Crippen LogP contribution in [0.4, 0.5) is 5.69 Å². The number of carbonyl (C=O) groups is 1. The van der Waals surface area contributed by atoms with Gasteiger partial charge in [-0.25, -0.2) is 4.98 Å². The maximum absolute atomic E-state index is 12.4. The van der Waals surface area contributed by atoms with E-state index in [1.165, 1.54) is 5.69 Å². The Morgan fingerprint density at radius 1 is 0.852 bits per heavy atom. The van der Waals surface area contributed by atoms with Crippen molar-refractivity contribution in [2.45, 2.75) is 65.2 Å². The zero-order valence-corrected chi connectivity index (χ0v) is 33.5. The predicted molar refractivity (Wildman–Crippen MR) is 214 cm³/mol. The summed E-state index contributed by atoms with van der Waals surface area (Å²) in [6.45, 7) is 22.1. The molecule has 2 aromatic carbocycles. The highest BCUT2D eigenvalue weighted by molar-refractivity contribution is 5.83. The Hall–Kier alpha value is -3.91. The SMILES string of the molecule is CN1CCN(c2ccc3nc(-c4cc(C(C)(C)C)c(OCCCNC(=O)CCOCCOCCOCCOCCN=[N+]=[N-])c(C(C)(C)C)c4)[nH]c3c2)CC1. The minimum Gasteiger partial charge on any atom is -0.493 e. The first-order valence-corrected chi connectivity index (χ1v) is 19.2. The maximum Gasteiger partial charge on any atom is 0.222 e. The second-order valence-corrected chi connectivity index (χ2v) is 15.7. The molecule has 54 heavy (non-hydrogen) atoms. The van der Waals surface area contributed by atoms with E-state index in [1.54, 1.807) is 0 Å². The molecule has 4 rings (SSSR count). The Morgan fingerprint density at radius 2 is 1.44 bits per heavy atom. The number of benzene rings is 2. The van der Waals surface area contributed by atoms with Crippen LogP contribution in [0.25, 0.3) is 32.9 Å². The molecule has 1 amide bonds. The van der Waals surface area contributed by atoms with Gasteiger partial charge in [0.25, 0.3) is 0 Å². The van der Waals surface area contributed by atoms with E-state index in [-0.39, 0.29) is 23.2 Å². The molecule has 0 radical (unpaired) electrons. The fourth-order valence-electron chi connectivity index (χ4n) is 6.07. The largest absolute Gasteiger partial charge is 0.493 e. The number of carbonyl (C=O) groups excluding carboxylic acids is 1. The quantitative estimate of drug-likeness (QED) is 0.0526. The molecule has 1 saturated heterocycles. The van der Waals surface area contributed by atoms with Crippen molar-refractivity contribution in [3.05, 3.63) is 51.9 Å². The van der Waals surface area contributed by atoms with Crippen LogP contribution >= 0.6 is 0 Å². The number of hydrogen-bond donors (Lipinski definition) is 2. The number of anilines is 1. The van der Waals surface area contributed by atoms with Crippen LogP contribution < -0.4 is 15.0 Å². The lowest BCUT2D eigenvalue weighted by Gasteiger charge is -2.34. The Kier molecular flexibility index (Phi) is 16.9. The number of rotatable bonds is 22. The van der Waals surface area contributed by atoms with E-state index >= 15 is 0 Å². The number of aromatic amines is 1. The van der Waals surface area contributed by atoms with Gasteiger partial charge in [-0.15, -0.1) is 0 Å². The van der Waals surface area contributed by atoms with Crippen LogP contribution in [0.15, 0.2) is 35.4 Å². The van der Waals surface area contributed by atoms with Crippen LogP contribution in [-0.2, 0) is 34.6 Å². The highest BCUT2D eigenvalue weighted by atomic mass is 16.6. The number of likely N-dealkylation sites (N-methyl/N-ethyl adjacent to an activating group) is 1. The minimum absolute atomic E-state index is 0.0532. The van der Waals surface area contributed by atoms with Gasteiger partial charge in [0.15, 0.2) is 0 Å². The lowest BCUT2D eigenvalue weighted by atomic mass is 9.78. The lowest BCUT2D eigenvalue weighted by Crippen LogP contribution is -2.44. The smallest absolute Gasteiger partial charge is 0.222 e. The number of H-pyrrole nitrogens is 1. The number of piperazine rings is 1. The van der Waals surface area contributed by atoms with Gasteiger partial charge in [-0.2, -0.15) is 0 Å². The molecule has 0 unspecified atom stereocenters. The summed E-state index contributed by atoms with van der Waals surface area (Å²) in [5.41, 5.74) is 14.4. The monoisotopic (exact) mass is 750 g/mol. The third-order valence-corrected chi connectivity index (χ3v) is 9.19. The van der Waals surface area contributed by atoms with E-state index in [9.17, 15) is 4.79 Å². The van der Waals surface area contributed by atoms with Gasteiger partial charge in [0, 0.05) is 73.0 Å². The molecular weight excluding hydrogens is 688 g/mol. The number of azide groups is 1. The number of fused-ring (bicyclic) bond motifs is 1. The zero-order valence-electron chi connectivity index (χ0n) is 33.5. The van der Waals surface area contributed by atoms with Crippen molar-refractivity contribution in [1.82, 2.24) is 20.2 Å².